The van der Waals surface area contributed by atoms with Crippen LogP contribution in [-0.2, 0) is 28.6 Å². The monoisotopic (exact) mass is 845 g/mol. The Kier molecular flexibility index (Phi) is 45.6. The van der Waals surface area contributed by atoms with Gasteiger partial charge in [0.05, 0.1) is 0 Å². The number of hydrogen-bond acceptors (Lipinski definition) is 6. The molecule has 0 rings (SSSR count). The third-order valence-electron chi connectivity index (χ3n) is 9.86. The second-order valence-electron chi connectivity index (χ2n) is 15.7. The van der Waals surface area contributed by atoms with Crippen molar-refractivity contribution in [2.24, 2.45) is 0 Å². The molecule has 0 spiro atoms. The summed E-state index contributed by atoms with van der Waals surface area (Å²) in [4.78, 5) is 37.9. The summed E-state index contributed by atoms with van der Waals surface area (Å²) in [6.45, 7) is 6.28. The summed E-state index contributed by atoms with van der Waals surface area (Å²) in [5.74, 6) is -1.01. The summed E-state index contributed by atoms with van der Waals surface area (Å²) >= 11 is 0. The Morgan fingerprint density at radius 3 is 1.23 bits per heavy atom. The lowest BCUT2D eigenvalue weighted by atomic mass is 10.1. The lowest BCUT2D eigenvalue weighted by Gasteiger charge is -2.18. The minimum absolute atomic E-state index is 0.116. The largest absolute Gasteiger partial charge is 0.462 e. The Bertz CT molecular complexity index is 1290. The van der Waals surface area contributed by atoms with Gasteiger partial charge in [-0.3, -0.25) is 14.4 Å². The molecule has 0 aliphatic heterocycles. The van der Waals surface area contributed by atoms with E-state index < -0.39 is 6.10 Å². The van der Waals surface area contributed by atoms with Crippen LogP contribution in [0.15, 0.2) is 109 Å². The summed E-state index contributed by atoms with van der Waals surface area (Å²) in [6, 6.07) is 0. The number of rotatable bonds is 42. The van der Waals surface area contributed by atoms with Gasteiger partial charge in [-0.2, -0.15) is 0 Å². The molecule has 0 aromatic heterocycles. The van der Waals surface area contributed by atoms with E-state index in [0.717, 1.165) is 116 Å². The van der Waals surface area contributed by atoms with E-state index in [4.69, 9.17) is 14.2 Å². The Hall–Kier alpha value is -3.93. The van der Waals surface area contributed by atoms with Crippen LogP contribution in [0.5, 0.6) is 0 Å². The molecule has 1 unspecified atom stereocenters. The highest BCUT2D eigenvalue weighted by Gasteiger charge is 2.19. The Labute approximate surface area is 374 Å². The third-order valence-corrected chi connectivity index (χ3v) is 9.86. The molecule has 0 aliphatic rings. The summed E-state index contributed by atoms with van der Waals surface area (Å²) in [7, 11) is 0. The molecule has 0 saturated heterocycles. The van der Waals surface area contributed by atoms with Gasteiger partial charge in [0.2, 0.25) is 0 Å². The Balaban J connectivity index is 4.54. The quantitative estimate of drug-likeness (QED) is 0.0200. The highest BCUT2D eigenvalue weighted by molar-refractivity contribution is 5.71. The van der Waals surface area contributed by atoms with Crippen LogP contribution in [0.2, 0.25) is 0 Å². The van der Waals surface area contributed by atoms with E-state index in [1.54, 1.807) is 0 Å². The molecule has 344 valence electrons. The molecule has 0 radical (unpaired) electrons. The van der Waals surface area contributed by atoms with Gasteiger partial charge in [0, 0.05) is 19.3 Å². The summed E-state index contributed by atoms with van der Waals surface area (Å²) in [5.41, 5.74) is 0. The van der Waals surface area contributed by atoms with E-state index in [0.29, 0.717) is 12.8 Å². The van der Waals surface area contributed by atoms with Crippen LogP contribution < -0.4 is 0 Å². The zero-order chi connectivity index (χ0) is 44.4. The van der Waals surface area contributed by atoms with Gasteiger partial charge < -0.3 is 14.2 Å². The van der Waals surface area contributed by atoms with Crippen LogP contribution in [0.25, 0.3) is 0 Å². The predicted octanol–water partition coefficient (Wildman–Crippen LogP) is 16.0. The number of unbranched alkanes of at least 4 members (excludes halogenated alkanes) is 17. The van der Waals surface area contributed by atoms with Crippen molar-refractivity contribution in [1.82, 2.24) is 0 Å². The number of carbonyl (C=O) groups is 3. The van der Waals surface area contributed by atoms with E-state index in [2.05, 4.69) is 93.7 Å². The molecule has 0 N–H and O–H groups in total. The number of esters is 3. The molecule has 0 heterocycles. The number of carbonyl (C=O) groups excluding carboxylic acids is 3. The predicted molar refractivity (Wildman–Crippen MR) is 260 cm³/mol. The highest BCUT2D eigenvalue weighted by Crippen LogP contribution is 2.12. The lowest BCUT2D eigenvalue weighted by molar-refractivity contribution is -0.167. The average molecular weight is 845 g/mol. The molecule has 0 aliphatic carbocycles. The van der Waals surface area contributed by atoms with Crippen molar-refractivity contribution in [2.75, 3.05) is 13.2 Å². The fourth-order valence-electron chi connectivity index (χ4n) is 6.22. The summed E-state index contributed by atoms with van der Waals surface area (Å²) in [6.07, 6.45) is 65.0. The van der Waals surface area contributed by atoms with Crippen LogP contribution >= 0.6 is 0 Å². The van der Waals surface area contributed by atoms with Crippen LogP contribution in [-0.4, -0.2) is 37.2 Å². The van der Waals surface area contributed by atoms with Crippen molar-refractivity contribution in [3.8, 4) is 0 Å². The van der Waals surface area contributed by atoms with Crippen LogP contribution in [0.4, 0.5) is 0 Å². The first kappa shape index (κ1) is 57.1. The molecular weight excluding hydrogens is 757 g/mol. The molecule has 0 saturated carbocycles. The topological polar surface area (TPSA) is 78.9 Å². The van der Waals surface area contributed by atoms with Gasteiger partial charge in [0.1, 0.15) is 13.2 Å². The molecule has 0 amide bonds. The van der Waals surface area contributed by atoms with Crippen molar-refractivity contribution < 1.29 is 28.6 Å². The zero-order valence-electron chi connectivity index (χ0n) is 39.1. The highest BCUT2D eigenvalue weighted by atomic mass is 16.6. The van der Waals surface area contributed by atoms with E-state index in [-0.39, 0.29) is 37.5 Å². The van der Waals surface area contributed by atoms with Crippen molar-refractivity contribution in [2.45, 2.75) is 207 Å². The first-order valence-electron chi connectivity index (χ1n) is 24.5. The molecule has 0 bridgehead atoms. The lowest BCUT2D eigenvalue weighted by Crippen LogP contribution is -2.30. The second kappa shape index (κ2) is 48.7. The Morgan fingerprint density at radius 2 is 0.721 bits per heavy atom. The second-order valence-corrected chi connectivity index (χ2v) is 15.7. The van der Waals surface area contributed by atoms with E-state index in [1.807, 2.05) is 36.5 Å². The molecule has 0 fully saturated rings. The molecular formula is C55H88O6. The van der Waals surface area contributed by atoms with Crippen LogP contribution in [0, 0.1) is 0 Å². The van der Waals surface area contributed by atoms with E-state index in [1.165, 1.54) is 44.9 Å². The van der Waals surface area contributed by atoms with E-state index in [9.17, 15) is 14.4 Å². The maximum atomic E-state index is 12.8. The first-order valence-corrected chi connectivity index (χ1v) is 24.5. The van der Waals surface area contributed by atoms with Gasteiger partial charge in [-0.25, -0.2) is 0 Å². The molecule has 0 aromatic rings. The summed E-state index contributed by atoms with van der Waals surface area (Å²) < 4.78 is 16.7. The maximum Gasteiger partial charge on any atom is 0.306 e. The van der Waals surface area contributed by atoms with Crippen molar-refractivity contribution >= 4 is 17.9 Å². The number of allylic oxidation sites excluding steroid dienone is 18. The molecule has 0 aromatic carbocycles. The van der Waals surface area contributed by atoms with Gasteiger partial charge in [0.25, 0.3) is 0 Å². The average Bonchev–Trinajstić information content (AvgIpc) is 3.26. The summed E-state index contributed by atoms with van der Waals surface area (Å²) in [5, 5.41) is 0. The van der Waals surface area contributed by atoms with Gasteiger partial charge >= 0.3 is 17.9 Å². The third kappa shape index (κ3) is 47.0. The first-order chi connectivity index (χ1) is 30.0. The molecule has 1 atom stereocenters. The van der Waals surface area contributed by atoms with Crippen molar-refractivity contribution in [3.63, 3.8) is 0 Å². The van der Waals surface area contributed by atoms with Gasteiger partial charge in [0.15, 0.2) is 6.10 Å². The minimum atomic E-state index is -0.818. The van der Waals surface area contributed by atoms with E-state index >= 15 is 0 Å². The normalized spacial score (nSPS) is 13.0. The zero-order valence-corrected chi connectivity index (χ0v) is 39.1. The van der Waals surface area contributed by atoms with Crippen LogP contribution in [0.1, 0.15) is 201 Å². The fraction of sp³-hybridized carbons (Fsp3) is 0.618. The van der Waals surface area contributed by atoms with Crippen molar-refractivity contribution in [1.29, 1.82) is 0 Å². The minimum Gasteiger partial charge on any atom is -0.462 e. The number of ether oxygens (including phenoxy) is 3. The fourth-order valence-corrected chi connectivity index (χ4v) is 6.22. The van der Waals surface area contributed by atoms with Gasteiger partial charge in [-0.05, 0) is 96.3 Å². The molecule has 6 nitrogen and oxygen atoms in total. The van der Waals surface area contributed by atoms with Crippen LogP contribution in [0.3, 0.4) is 0 Å². The molecule has 6 heteroatoms. The van der Waals surface area contributed by atoms with Crippen molar-refractivity contribution in [3.05, 3.63) is 109 Å². The van der Waals surface area contributed by atoms with Gasteiger partial charge in [-0.1, -0.05) is 194 Å². The maximum absolute atomic E-state index is 12.8. The standard InChI is InChI=1S/C55H88O6/c1-4-7-10-13-16-19-22-25-27-28-31-33-36-39-42-45-48-54(57)60-51-52(50-59-53(56)47-44-41-38-35-32-29-24-21-18-15-12-9-6-3)61-55(58)49-46-43-40-37-34-30-26-23-20-17-14-11-8-5-2/h8-9,11-12,15,17-18,20-21,24,26-33,52H,4-7,10,13-14,16,19,22-23,25,34-51H2,1-3H3/b11-8-,12-9-,18-15-,20-17-,24-21-,28-27-,30-26-,32-29-,33-31-. The van der Waals surface area contributed by atoms with Gasteiger partial charge in [-0.15, -0.1) is 0 Å². The number of hydrogen-bond donors (Lipinski definition) is 0. The smallest absolute Gasteiger partial charge is 0.306 e. The SMILES string of the molecule is CC\C=C/C=C\C=C/C=C\CCCCCC(=O)OCC(COC(=O)CCCCC/C=C\C=C/CCCCCCCCC)OC(=O)CCCCCC/C=C\C/C=C\C/C=C\CC. The Morgan fingerprint density at radius 1 is 0.361 bits per heavy atom. The molecule has 61 heavy (non-hydrogen) atoms.